The van der Waals surface area contributed by atoms with Gasteiger partial charge in [0.05, 0.1) is 5.69 Å². The molecule has 176 valence electrons. The molecule has 8 heteroatoms. The summed E-state index contributed by atoms with van der Waals surface area (Å²) in [5.41, 5.74) is 4.21. The van der Waals surface area contributed by atoms with Crippen LogP contribution in [0.2, 0.25) is 0 Å². The zero-order chi connectivity index (χ0) is 25.3. The molecule has 1 aliphatic heterocycles. The number of aryl methyl sites for hydroxylation is 1. The van der Waals surface area contributed by atoms with Crippen LogP contribution in [-0.4, -0.2) is 23.5 Å². The van der Waals surface area contributed by atoms with Crippen molar-refractivity contribution in [3.8, 4) is 0 Å². The van der Waals surface area contributed by atoms with Crippen molar-refractivity contribution in [2.75, 3.05) is 15.5 Å². The maximum Gasteiger partial charge on any atom is 0.283 e. The SMILES string of the molecule is CC(=O)c1ccc(NC(=O)c2ccc(NC3=C(Cl)C(=O)N(c4cccc(C)c4C)C3=O)cc2)cc1. The van der Waals surface area contributed by atoms with Crippen molar-refractivity contribution in [3.05, 3.63) is 99.7 Å². The van der Waals surface area contributed by atoms with Crippen LogP contribution in [0.1, 0.15) is 38.8 Å². The van der Waals surface area contributed by atoms with Gasteiger partial charge in [0.15, 0.2) is 5.78 Å². The highest BCUT2D eigenvalue weighted by molar-refractivity contribution is 6.53. The Bertz CT molecular complexity index is 1390. The number of benzene rings is 3. The Kier molecular flexibility index (Phi) is 6.53. The molecule has 1 heterocycles. The van der Waals surface area contributed by atoms with Gasteiger partial charge in [-0.05, 0) is 86.5 Å². The van der Waals surface area contributed by atoms with E-state index < -0.39 is 11.8 Å². The van der Waals surface area contributed by atoms with Gasteiger partial charge in [0.1, 0.15) is 10.7 Å². The fourth-order valence-corrected chi connectivity index (χ4v) is 3.86. The van der Waals surface area contributed by atoms with Crippen LogP contribution in [0.4, 0.5) is 17.1 Å². The first-order chi connectivity index (χ1) is 16.7. The Morgan fingerprint density at radius 2 is 1.40 bits per heavy atom. The largest absolute Gasteiger partial charge is 0.350 e. The van der Waals surface area contributed by atoms with Crippen LogP contribution in [0.3, 0.4) is 0 Å². The van der Waals surface area contributed by atoms with Crippen LogP contribution in [0.15, 0.2) is 77.5 Å². The van der Waals surface area contributed by atoms with Crippen molar-refractivity contribution in [2.45, 2.75) is 20.8 Å². The van der Waals surface area contributed by atoms with Crippen molar-refractivity contribution >= 4 is 52.2 Å². The van der Waals surface area contributed by atoms with Gasteiger partial charge < -0.3 is 10.6 Å². The Morgan fingerprint density at radius 3 is 2.03 bits per heavy atom. The molecule has 4 rings (SSSR count). The zero-order valence-corrected chi connectivity index (χ0v) is 20.1. The zero-order valence-electron chi connectivity index (χ0n) is 19.3. The molecule has 0 saturated heterocycles. The lowest BCUT2D eigenvalue weighted by atomic mass is 10.1. The minimum atomic E-state index is -0.598. The molecule has 0 unspecified atom stereocenters. The molecule has 0 bridgehead atoms. The first-order valence-electron chi connectivity index (χ1n) is 10.8. The van der Waals surface area contributed by atoms with E-state index in [4.69, 9.17) is 11.6 Å². The summed E-state index contributed by atoms with van der Waals surface area (Å²) >= 11 is 6.23. The van der Waals surface area contributed by atoms with Crippen LogP contribution in [0.5, 0.6) is 0 Å². The first kappa shape index (κ1) is 23.9. The number of ketones is 1. The summed E-state index contributed by atoms with van der Waals surface area (Å²) in [6, 6.07) is 18.4. The highest BCUT2D eigenvalue weighted by Crippen LogP contribution is 2.33. The highest BCUT2D eigenvalue weighted by atomic mass is 35.5. The Hall–Kier alpha value is -4.23. The van der Waals surface area contributed by atoms with E-state index >= 15 is 0 Å². The fourth-order valence-electron chi connectivity index (χ4n) is 3.65. The van der Waals surface area contributed by atoms with Gasteiger partial charge in [-0.3, -0.25) is 19.2 Å². The number of anilines is 3. The summed E-state index contributed by atoms with van der Waals surface area (Å²) in [6.07, 6.45) is 0. The van der Waals surface area contributed by atoms with Gasteiger partial charge in [-0.2, -0.15) is 0 Å². The smallest absolute Gasteiger partial charge is 0.283 e. The Morgan fingerprint density at radius 1 is 0.800 bits per heavy atom. The molecule has 0 spiro atoms. The number of carbonyl (C=O) groups excluding carboxylic acids is 4. The highest BCUT2D eigenvalue weighted by Gasteiger charge is 2.39. The van der Waals surface area contributed by atoms with E-state index in [1.807, 2.05) is 19.9 Å². The van der Waals surface area contributed by atoms with Gasteiger partial charge >= 0.3 is 0 Å². The molecular weight excluding hydrogens is 466 g/mol. The van der Waals surface area contributed by atoms with Crippen molar-refractivity contribution in [1.82, 2.24) is 0 Å². The Labute approximate surface area is 207 Å². The number of rotatable bonds is 6. The number of hydrogen-bond acceptors (Lipinski definition) is 5. The van der Waals surface area contributed by atoms with Gasteiger partial charge in [0.25, 0.3) is 17.7 Å². The quantitative estimate of drug-likeness (QED) is 0.368. The lowest BCUT2D eigenvalue weighted by Gasteiger charge is -2.18. The number of Topliss-reactive ketones (excluding diaryl/α,β-unsaturated/α-hetero) is 1. The lowest BCUT2D eigenvalue weighted by molar-refractivity contribution is -0.120. The normalized spacial score (nSPS) is 13.3. The molecule has 35 heavy (non-hydrogen) atoms. The van der Waals surface area contributed by atoms with Crippen molar-refractivity contribution < 1.29 is 19.2 Å². The molecule has 3 aromatic carbocycles. The minimum absolute atomic E-state index is 0.0275. The predicted octanol–water partition coefficient (Wildman–Crippen LogP) is 5.19. The second-order valence-corrected chi connectivity index (χ2v) is 8.52. The van der Waals surface area contributed by atoms with E-state index in [0.717, 1.165) is 16.0 Å². The second kappa shape index (κ2) is 9.56. The number of nitrogens with zero attached hydrogens (tertiary/aromatic N) is 1. The number of hydrogen-bond donors (Lipinski definition) is 2. The van der Waals surface area contributed by atoms with E-state index in [0.29, 0.717) is 28.2 Å². The lowest BCUT2D eigenvalue weighted by Crippen LogP contribution is -2.33. The number of imide groups is 1. The minimum Gasteiger partial charge on any atom is -0.350 e. The van der Waals surface area contributed by atoms with Crippen molar-refractivity contribution in [2.24, 2.45) is 0 Å². The van der Waals surface area contributed by atoms with E-state index in [1.54, 1.807) is 60.7 Å². The molecule has 3 aromatic rings. The second-order valence-electron chi connectivity index (χ2n) is 8.14. The van der Waals surface area contributed by atoms with Crippen LogP contribution in [0, 0.1) is 13.8 Å². The third-order valence-electron chi connectivity index (χ3n) is 5.81. The van der Waals surface area contributed by atoms with E-state index in [1.165, 1.54) is 6.92 Å². The first-order valence-corrected chi connectivity index (χ1v) is 11.2. The van der Waals surface area contributed by atoms with Crippen LogP contribution in [0.25, 0.3) is 0 Å². The van der Waals surface area contributed by atoms with E-state index in [9.17, 15) is 19.2 Å². The molecule has 0 aromatic heterocycles. The van der Waals surface area contributed by atoms with Crippen LogP contribution >= 0.6 is 11.6 Å². The summed E-state index contributed by atoms with van der Waals surface area (Å²) < 4.78 is 0. The fraction of sp³-hybridized carbons (Fsp3) is 0.111. The average Bonchev–Trinajstić information content (AvgIpc) is 3.05. The summed E-state index contributed by atoms with van der Waals surface area (Å²) in [7, 11) is 0. The van der Waals surface area contributed by atoms with Gasteiger partial charge in [0.2, 0.25) is 0 Å². The molecule has 2 N–H and O–H groups in total. The van der Waals surface area contributed by atoms with Gasteiger partial charge in [0, 0.05) is 22.5 Å². The van der Waals surface area contributed by atoms with E-state index in [2.05, 4.69) is 10.6 Å². The molecule has 1 aliphatic rings. The molecule has 3 amide bonds. The predicted molar refractivity (Wildman–Crippen MR) is 136 cm³/mol. The maximum absolute atomic E-state index is 13.1. The molecular formula is C27H22ClN3O4. The number of carbonyl (C=O) groups is 4. The Balaban J connectivity index is 1.47. The molecule has 0 aliphatic carbocycles. The molecule has 7 nitrogen and oxygen atoms in total. The number of nitrogens with one attached hydrogen (secondary N) is 2. The van der Waals surface area contributed by atoms with Crippen molar-refractivity contribution in [3.63, 3.8) is 0 Å². The number of halogens is 1. The van der Waals surface area contributed by atoms with Gasteiger partial charge in [-0.15, -0.1) is 0 Å². The molecule has 0 radical (unpaired) electrons. The summed E-state index contributed by atoms with van der Waals surface area (Å²) in [4.78, 5) is 50.8. The number of amides is 3. The molecule has 0 atom stereocenters. The van der Waals surface area contributed by atoms with Gasteiger partial charge in [-0.25, -0.2) is 4.90 Å². The summed E-state index contributed by atoms with van der Waals surface area (Å²) in [5, 5.41) is 5.47. The maximum atomic E-state index is 13.1. The topological polar surface area (TPSA) is 95.6 Å². The van der Waals surface area contributed by atoms with E-state index in [-0.39, 0.29) is 22.4 Å². The average molecular weight is 488 g/mol. The summed E-state index contributed by atoms with van der Waals surface area (Å²) in [6.45, 7) is 5.21. The third-order valence-corrected chi connectivity index (χ3v) is 6.16. The van der Waals surface area contributed by atoms with Crippen LogP contribution in [-0.2, 0) is 9.59 Å². The molecule has 0 saturated carbocycles. The molecule has 0 fully saturated rings. The van der Waals surface area contributed by atoms with Gasteiger partial charge in [-0.1, -0.05) is 23.7 Å². The third kappa shape index (κ3) is 4.72. The standard InChI is InChI=1S/C27H22ClN3O4/c1-15-5-4-6-22(16(15)2)31-26(34)23(28)24(27(31)35)29-20-13-9-19(10-14-20)25(33)30-21-11-7-18(8-12-21)17(3)32/h4-14,29H,1-3H3,(H,30,33). The van der Waals surface area contributed by atoms with Crippen LogP contribution < -0.4 is 15.5 Å². The summed E-state index contributed by atoms with van der Waals surface area (Å²) in [5.74, 6) is -1.54. The van der Waals surface area contributed by atoms with Crippen molar-refractivity contribution in [1.29, 1.82) is 0 Å². The monoisotopic (exact) mass is 487 g/mol.